The van der Waals surface area contributed by atoms with Gasteiger partial charge in [-0.05, 0) is 25.1 Å². The van der Waals surface area contributed by atoms with Crippen LogP contribution in [-0.4, -0.2) is 21.3 Å². The molecule has 0 aliphatic rings. The third-order valence-corrected chi connectivity index (χ3v) is 2.39. The molecule has 5 nitrogen and oxygen atoms in total. The molecule has 1 aromatic carbocycles. The summed E-state index contributed by atoms with van der Waals surface area (Å²) < 4.78 is 5.37. The van der Waals surface area contributed by atoms with Gasteiger partial charge >= 0.3 is 5.97 Å². The van der Waals surface area contributed by atoms with Crippen LogP contribution in [0.15, 0.2) is 30.3 Å². The zero-order valence-corrected chi connectivity index (χ0v) is 10.2. The highest BCUT2D eigenvalue weighted by Gasteiger charge is 2.12. The highest BCUT2D eigenvalue weighted by atomic mass is 35.5. The molecule has 2 aromatic rings. The molecule has 0 fully saturated rings. The molecule has 1 heterocycles. The number of ether oxygens (including phenoxy) is 1. The van der Waals surface area contributed by atoms with E-state index in [0.29, 0.717) is 0 Å². The number of nitrogens with zero attached hydrogens (tertiary/aromatic N) is 2. The number of hydrogen-bond donors (Lipinski definition) is 1. The lowest BCUT2D eigenvalue weighted by Gasteiger charge is -2.07. The van der Waals surface area contributed by atoms with Crippen molar-refractivity contribution in [2.75, 3.05) is 0 Å². The second-order valence-corrected chi connectivity index (χ2v) is 3.99. The van der Waals surface area contributed by atoms with E-state index >= 15 is 0 Å². The quantitative estimate of drug-likeness (QED) is 0.923. The van der Waals surface area contributed by atoms with Crippen LogP contribution in [0.2, 0.25) is 5.15 Å². The predicted molar refractivity (Wildman–Crippen MR) is 65.3 cm³/mol. The van der Waals surface area contributed by atoms with Crippen LogP contribution in [-0.2, 0) is 0 Å². The molecule has 0 saturated carbocycles. The summed E-state index contributed by atoms with van der Waals surface area (Å²) in [6, 6.07) is 7.89. The molecule has 92 valence electrons. The van der Waals surface area contributed by atoms with Crippen molar-refractivity contribution in [2.45, 2.75) is 6.92 Å². The first-order chi connectivity index (χ1) is 8.56. The molecule has 1 N–H and O–H groups in total. The smallest absolute Gasteiger partial charge is 0.339 e. The molecule has 0 unspecified atom stereocenters. The van der Waals surface area contributed by atoms with Gasteiger partial charge in [0.25, 0.3) is 0 Å². The fraction of sp³-hybridized carbons (Fsp3) is 0.0833. The van der Waals surface area contributed by atoms with Crippen molar-refractivity contribution in [2.24, 2.45) is 0 Å². The average molecular weight is 265 g/mol. The highest BCUT2D eigenvalue weighted by Crippen LogP contribution is 2.25. The molecule has 1 aromatic heterocycles. The number of benzene rings is 1. The number of carbonyl (C=O) groups is 1. The standard InChI is InChI=1S/C12H9ClN2O3/c1-7-2-3-9(8(6-7)12(16)17)18-11-5-4-10(13)14-15-11/h2-6H,1H3,(H,16,17). The summed E-state index contributed by atoms with van der Waals surface area (Å²) in [6.07, 6.45) is 0. The lowest BCUT2D eigenvalue weighted by molar-refractivity contribution is 0.0694. The Morgan fingerprint density at radius 2 is 2.06 bits per heavy atom. The van der Waals surface area contributed by atoms with Crippen molar-refractivity contribution in [3.8, 4) is 11.6 Å². The molecule has 6 heteroatoms. The average Bonchev–Trinajstić information content (AvgIpc) is 2.34. The second-order valence-electron chi connectivity index (χ2n) is 3.60. The van der Waals surface area contributed by atoms with Gasteiger partial charge in [-0.3, -0.25) is 0 Å². The van der Waals surface area contributed by atoms with Gasteiger partial charge in [-0.15, -0.1) is 10.2 Å². The van der Waals surface area contributed by atoms with E-state index in [1.54, 1.807) is 19.1 Å². The first-order valence-corrected chi connectivity index (χ1v) is 5.45. The molecule has 2 rings (SSSR count). The van der Waals surface area contributed by atoms with Gasteiger partial charge in [-0.1, -0.05) is 23.2 Å². The van der Waals surface area contributed by atoms with Gasteiger partial charge in [0.2, 0.25) is 5.88 Å². The highest BCUT2D eigenvalue weighted by molar-refractivity contribution is 6.29. The SMILES string of the molecule is Cc1ccc(Oc2ccc(Cl)nn2)c(C(=O)O)c1. The van der Waals surface area contributed by atoms with Crippen LogP contribution in [0, 0.1) is 6.92 Å². The van der Waals surface area contributed by atoms with Gasteiger partial charge in [0.1, 0.15) is 11.3 Å². The van der Waals surface area contributed by atoms with Crippen molar-refractivity contribution < 1.29 is 14.6 Å². The van der Waals surface area contributed by atoms with E-state index in [2.05, 4.69) is 10.2 Å². The van der Waals surface area contributed by atoms with E-state index < -0.39 is 5.97 Å². The molecule has 18 heavy (non-hydrogen) atoms. The van der Waals surface area contributed by atoms with Crippen LogP contribution in [0.1, 0.15) is 15.9 Å². The fourth-order valence-electron chi connectivity index (χ4n) is 1.37. The minimum atomic E-state index is -1.06. The summed E-state index contributed by atoms with van der Waals surface area (Å²) in [5.41, 5.74) is 0.911. The fourth-order valence-corrected chi connectivity index (χ4v) is 1.47. The maximum Gasteiger partial charge on any atom is 0.339 e. The van der Waals surface area contributed by atoms with Gasteiger partial charge in [-0.25, -0.2) is 4.79 Å². The summed E-state index contributed by atoms with van der Waals surface area (Å²) >= 11 is 5.59. The van der Waals surface area contributed by atoms with Crippen molar-refractivity contribution in [1.29, 1.82) is 0 Å². The normalized spacial score (nSPS) is 10.1. The van der Waals surface area contributed by atoms with Crippen LogP contribution in [0.25, 0.3) is 0 Å². The Morgan fingerprint density at radius 3 is 2.67 bits per heavy atom. The molecule has 0 saturated heterocycles. The van der Waals surface area contributed by atoms with Gasteiger partial charge in [0.05, 0.1) is 0 Å². The summed E-state index contributed by atoms with van der Waals surface area (Å²) in [5.74, 6) is -0.661. The van der Waals surface area contributed by atoms with Crippen LogP contribution < -0.4 is 4.74 Å². The zero-order valence-electron chi connectivity index (χ0n) is 9.42. The number of hydrogen-bond acceptors (Lipinski definition) is 4. The van der Waals surface area contributed by atoms with Crippen LogP contribution in [0.4, 0.5) is 0 Å². The monoisotopic (exact) mass is 264 g/mol. The maximum atomic E-state index is 11.1. The van der Waals surface area contributed by atoms with Crippen molar-refractivity contribution >= 4 is 17.6 Å². The summed E-state index contributed by atoms with van der Waals surface area (Å²) in [7, 11) is 0. The van der Waals surface area contributed by atoms with Crippen molar-refractivity contribution in [3.05, 3.63) is 46.6 Å². The first-order valence-electron chi connectivity index (χ1n) is 5.07. The number of rotatable bonds is 3. The largest absolute Gasteiger partial charge is 0.478 e. The Hall–Kier alpha value is -2.14. The molecule has 0 radical (unpaired) electrons. The number of carboxylic acids is 1. The summed E-state index contributed by atoms with van der Waals surface area (Å²) in [5, 5.41) is 16.6. The van der Waals surface area contributed by atoms with Gasteiger partial charge in [0.15, 0.2) is 5.15 Å². The second kappa shape index (κ2) is 5.01. The number of aryl methyl sites for hydroxylation is 1. The molecule has 0 spiro atoms. The molecule has 0 amide bonds. The van der Waals surface area contributed by atoms with Gasteiger partial charge in [-0.2, -0.15) is 0 Å². The van der Waals surface area contributed by atoms with E-state index in [0.717, 1.165) is 5.56 Å². The Morgan fingerprint density at radius 1 is 1.28 bits per heavy atom. The van der Waals surface area contributed by atoms with Crippen LogP contribution in [0.5, 0.6) is 11.6 Å². The van der Waals surface area contributed by atoms with Crippen molar-refractivity contribution in [3.63, 3.8) is 0 Å². The number of aromatic carboxylic acids is 1. The summed E-state index contributed by atoms with van der Waals surface area (Å²) in [6.45, 7) is 1.80. The van der Waals surface area contributed by atoms with Crippen LogP contribution >= 0.6 is 11.6 Å². The lowest BCUT2D eigenvalue weighted by Crippen LogP contribution is -2.01. The Bertz CT molecular complexity index is 584. The Labute approximate surface area is 108 Å². The van der Waals surface area contributed by atoms with E-state index in [9.17, 15) is 4.79 Å². The molecular formula is C12H9ClN2O3. The lowest BCUT2D eigenvalue weighted by atomic mass is 10.1. The topological polar surface area (TPSA) is 72.3 Å². The molecular weight excluding hydrogens is 256 g/mol. The molecule has 0 aliphatic heterocycles. The Balaban J connectivity index is 2.34. The number of halogens is 1. The van der Waals surface area contributed by atoms with E-state index in [1.807, 2.05) is 0 Å². The third-order valence-electron chi connectivity index (χ3n) is 2.19. The van der Waals surface area contributed by atoms with Crippen LogP contribution in [0.3, 0.4) is 0 Å². The first kappa shape index (κ1) is 12.3. The van der Waals surface area contributed by atoms with E-state index in [-0.39, 0.29) is 22.3 Å². The predicted octanol–water partition coefficient (Wildman–Crippen LogP) is 2.93. The molecule has 0 bridgehead atoms. The zero-order chi connectivity index (χ0) is 13.1. The Kier molecular flexibility index (Phi) is 3.43. The number of aromatic nitrogens is 2. The molecule has 0 aliphatic carbocycles. The summed E-state index contributed by atoms with van der Waals surface area (Å²) in [4.78, 5) is 11.1. The van der Waals surface area contributed by atoms with Crippen molar-refractivity contribution in [1.82, 2.24) is 10.2 Å². The third kappa shape index (κ3) is 2.75. The van der Waals surface area contributed by atoms with Gasteiger partial charge < -0.3 is 9.84 Å². The minimum absolute atomic E-state index is 0.0757. The molecule has 0 atom stereocenters. The van der Waals surface area contributed by atoms with E-state index in [1.165, 1.54) is 18.2 Å². The minimum Gasteiger partial charge on any atom is -0.478 e. The maximum absolute atomic E-state index is 11.1. The van der Waals surface area contributed by atoms with E-state index in [4.69, 9.17) is 21.4 Å². The van der Waals surface area contributed by atoms with Gasteiger partial charge in [0, 0.05) is 6.07 Å². The number of carboxylic acid groups (broad SMARTS) is 1.